The Morgan fingerprint density at radius 2 is 1.86 bits per heavy atom. The highest BCUT2D eigenvalue weighted by Crippen LogP contribution is 2.22. The smallest absolute Gasteiger partial charge is 0.263 e. The van der Waals surface area contributed by atoms with Gasteiger partial charge in [-0.15, -0.1) is 0 Å². The van der Waals surface area contributed by atoms with Crippen LogP contribution >= 0.6 is 0 Å². The molecule has 0 bridgehead atoms. The first kappa shape index (κ1) is 26.6. The molecule has 0 aliphatic carbocycles. The zero-order valence-electron chi connectivity index (χ0n) is 17.4. The van der Waals surface area contributed by atoms with Crippen LogP contribution in [0.25, 0.3) is 0 Å². The van der Waals surface area contributed by atoms with Crippen LogP contribution in [0.4, 0.5) is 17.6 Å². The van der Waals surface area contributed by atoms with Crippen LogP contribution < -0.4 is 5.32 Å². The van der Waals surface area contributed by atoms with Gasteiger partial charge in [0.05, 0.1) is 7.18 Å². The summed E-state index contributed by atoms with van der Waals surface area (Å²) in [4.78, 5) is 14.3. The molecule has 1 amide bonds. The Bertz CT molecular complexity index is 702. The van der Waals surface area contributed by atoms with Crippen LogP contribution in [0.5, 0.6) is 0 Å². The highest BCUT2D eigenvalue weighted by molar-refractivity contribution is 5.85. The Morgan fingerprint density at radius 1 is 1.24 bits per heavy atom. The van der Waals surface area contributed by atoms with Crippen LogP contribution in [-0.2, 0) is 17.9 Å². The van der Waals surface area contributed by atoms with E-state index in [4.69, 9.17) is 0 Å². The number of nitrogens with zero attached hydrogens (tertiary/aromatic N) is 1. The van der Waals surface area contributed by atoms with Gasteiger partial charge in [-0.2, -0.15) is 0 Å². The molecule has 7 heteroatoms. The SMILES string of the molecule is C=C/C=C(\C=C/C)C(NC)C(=O)N(C)CCc1cc(CF)cc(C(F)F)c1.CF. The molecule has 0 heterocycles. The number of halogens is 4. The molecular formula is C22H30F4N2O. The molecule has 0 saturated heterocycles. The second-order valence-electron chi connectivity index (χ2n) is 6.15. The third-order valence-corrected chi connectivity index (χ3v) is 4.13. The van der Waals surface area contributed by atoms with Gasteiger partial charge in [0.2, 0.25) is 5.91 Å². The lowest BCUT2D eigenvalue weighted by Crippen LogP contribution is -2.45. The summed E-state index contributed by atoms with van der Waals surface area (Å²) in [5.74, 6) is -0.153. The minimum absolute atomic E-state index is 0.153. The molecule has 0 fully saturated rings. The number of alkyl halides is 4. The number of carbonyl (C=O) groups excluding carboxylic acids is 1. The quantitative estimate of drug-likeness (QED) is 0.434. The summed E-state index contributed by atoms with van der Waals surface area (Å²) >= 11 is 0. The van der Waals surface area contributed by atoms with Crippen LogP contribution in [0, 0.1) is 0 Å². The molecule has 1 aromatic carbocycles. The molecule has 0 aromatic heterocycles. The van der Waals surface area contributed by atoms with Gasteiger partial charge in [-0.1, -0.05) is 43.0 Å². The minimum atomic E-state index is -2.66. The Labute approximate surface area is 170 Å². The van der Waals surface area contributed by atoms with Gasteiger partial charge < -0.3 is 10.2 Å². The number of carbonyl (C=O) groups is 1. The van der Waals surface area contributed by atoms with Gasteiger partial charge in [-0.05, 0) is 43.2 Å². The average Bonchev–Trinajstić information content (AvgIpc) is 2.73. The summed E-state index contributed by atoms with van der Waals surface area (Å²) in [6.45, 7) is 5.04. The Balaban J connectivity index is 0.00000379. The second-order valence-corrected chi connectivity index (χ2v) is 6.15. The fourth-order valence-corrected chi connectivity index (χ4v) is 2.78. The molecule has 1 atom stereocenters. The van der Waals surface area contributed by atoms with E-state index in [1.165, 1.54) is 17.0 Å². The van der Waals surface area contributed by atoms with Gasteiger partial charge in [-0.25, -0.2) is 13.2 Å². The Hall–Kier alpha value is -2.41. The molecule has 1 unspecified atom stereocenters. The van der Waals surface area contributed by atoms with Crippen molar-refractivity contribution in [3.05, 3.63) is 71.3 Å². The van der Waals surface area contributed by atoms with Gasteiger partial charge in [-0.3, -0.25) is 9.18 Å². The normalized spacial score (nSPS) is 12.5. The lowest BCUT2D eigenvalue weighted by Gasteiger charge is -2.24. The molecule has 0 saturated carbocycles. The van der Waals surface area contributed by atoms with E-state index in [0.29, 0.717) is 25.7 Å². The summed E-state index contributed by atoms with van der Waals surface area (Å²) in [6, 6.07) is 3.55. The first-order valence-electron chi connectivity index (χ1n) is 9.10. The van der Waals surface area contributed by atoms with Crippen molar-refractivity contribution in [2.24, 2.45) is 0 Å². The van der Waals surface area contributed by atoms with Crippen LogP contribution in [0.1, 0.15) is 30.0 Å². The maximum Gasteiger partial charge on any atom is 0.263 e. The molecule has 0 radical (unpaired) electrons. The molecule has 162 valence electrons. The highest BCUT2D eigenvalue weighted by atomic mass is 19.3. The molecule has 1 rings (SSSR count). The van der Waals surface area contributed by atoms with Crippen molar-refractivity contribution in [3.63, 3.8) is 0 Å². The van der Waals surface area contributed by atoms with Crippen molar-refractivity contribution in [3.8, 4) is 0 Å². The van der Waals surface area contributed by atoms with E-state index in [9.17, 15) is 22.4 Å². The van der Waals surface area contributed by atoms with E-state index in [1.807, 2.05) is 19.1 Å². The fraction of sp³-hybridized carbons (Fsp3) is 0.409. The van der Waals surface area contributed by atoms with Crippen molar-refractivity contribution in [1.82, 2.24) is 10.2 Å². The zero-order valence-corrected chi connectivity index (χ0v) is 17.4. The largest absolute Gasteiger partial charge is 0.344 e. The number of benzene rings is 1. The van der Waals surface area contributed by atoms with Gasteiger partial charge in [0.1, 0.15) is 12.7 Å². The molecule has 3 nitrogen and oxygen atoms in total. The molecular weight excluding hydrogens is 384 g/mol. The van der Waals surface area contributed by atoms with E-state index < -0.39 is 19.1 Å². The minimum Gasteiger partial charge on any atom is -0.344 e. The number of rotatable bonds is 10. The first-order valence-corrected chi connectivity index (χ1v) is 9.10. The summed E-state index contributed by atoms with van der Waals surface area (Å²) in [6.07, 6.45) is 4.73. The summed E-state index contributed by atoms with van der Waals surface area (Å²) in [5, 5.41) is 2.99. The van der Waals surface area contributed by atoms with Crippen molar-refractivity contribution in [1.29, 1.82) is 0 Å². The first-order chi connectivity index (χ1) is 13.9. The summed E-state index contributed by atoms with van der Waals surface area (Å²) in [5.41, 5.74) is 1.36. The van der Waals surface area contributed by atoms with Crippen LogP contribution in [0.2, 0.25) is 0 Å². The topological polar surface area (TPSA) is 32.3 Å². The standard InChI is InChI=1S/C21H27F3N2O.CH3F/c1-5-7-17(8-6-2)19(25-3)21(27)26(4)10-9-15-11-16(14-22)13-18(12-15)20(23)24;1-2/h5-8,11-13,19-20,25H,1,9-10,14H2,2-4H3;1H3/b8-6-,17-7+;. The number of allylic oxidation sites excluding steroid dienone is 3. The summed E-state index contributed by atoms with van der Waals surface area (Å²) in [7, 11) is 3.84. The number of likely N-dealkylation sites (N-methyl/N-ethyl adjacent to an activating group) is 2. The van der Waals surface area contributed by atoms with Crippen molar-refractivity contribution >= 4 is 5.91 Å². The number of hydrogen-bond donors (Lipinski definition) is 1. The van der Waals surface area contributed by atoms with Gasteiger partial charge in [0, 0.05) is 19.2 Å². The van der Waals surface area contributed by atoms with Gasteiger partial charge in [0.25, 0.3) is 6.43 Å². The molecule has 0 aliphatic rings. The van der Waals surface area contributed by atoms with E-state index in [2.05, 4.69) is 11.9 Å². The van der Waals surface area contributed by atoms with E-state index >= 15 is 0 Å². The molecule has 1 aromatic rings. The molecule has 29 heavy (non-hydrogen) atoms. The van der Waals surface area contributed by atoms with Crippen LogP contribution in [0.3, 0.4) is 0 Å². The molecule has 0 aliphatic heterocycles. The van der Waals surface area contributed by atoms with Gasteiger partial charge in [0.15, 0.2) is 0 Å². The number of hydrogen-bond acceptors (Lipinski definition) is 2. The van der Waals surface area contributed by atoms with Gasteiger partial charge >= 0.3 is 0 Å². The third kappa shape index (κ3) is 8.64. The maximum absolute atomic E-state index is 13.0. The van der Waals surface area contributed by atoms with Crippen LogP contribution in [-0.4, -0.2) is 44.7 Å². The highest BCUT2D eigenvalue weighted by Gasteiger charge is 2.22. The predicted octanol–water partition coefficient (Wildman–Crippen LogP) is 4.96. The summed E-state index contributed by atoms with van der Waals surface area (Å²) < 4.78 is 48.3. The lowest BCUT2D eigenvalue weighted by molar-refractivity contribution is -0.130. The van der Waals surface area contributed by atoms with Crippen molar-refractivity contribution in [2.45, 2.75) is 32.5 Å². The predicted molar refractivity (Wildman–Crippen MR) is 111 cm³/mol. The third-order valence-electron chi connectivity index (χ3n) is 4.13. The van der Waals surface area contributed by atoms with E-state index in [-0.39, 0.29) is 17.0 Å². The molecule has 0 spiro atoms. The maximum atomic E-state index is 13.0. The lowest BCUT2D eigenvalue weighted by atomic mass is 10.0. The van der Waals surface area contributed by atoms with Crippen molar-refractivity contribution < 1.29 is 22.4 Å². The van der Waals surface area contributed by atoms with Crippen LogP contribution in [0.15, 0.2) is 54.7 Å². The monoisotopic (exact) mass is 414 g/mol. The van der Waals surface area contributed by atoms with Crippen molar-refractivity contribution in [2.75, 3.05) is 27.8 Å². The van der Waals surface area contributed by atoms with E-state index in [0.717, 1.165) is 5.57 Å². The zero-order chi connectivity index (χ0) is 22.4. The second kappa shape index (κ2) is 14.6. The molecule has 1 N–H and O–H groups in total. The average molecular weight is 414 g/mol. The van der Waals surface area contributed by atoms with E-state index in [1.54, 1.807) is 32.3 Å². The Morgan fingerprint density at radius 3 is 2.34 bits per heavy atom. The number of amides is 1. The Kier molecular flexibility index (Phi) is 13.4. The fourth-order valence-electron chi connectivity index (χ4n) is 2.78. The number of nitrogens with one attached hydrogen (secondary N) is 1.